The normalized spacial score (nSPS) is 25.3. The predicted octanol–water partition coefficient (Wildman–Crippen LogP) is 2.02. The number of carbonyl (C=O) groups excluding carboxylic acids is 1. The molecule has 1 aliphatic heterocycles. The molecule has 2 rings (SSSR count). The summed E-state index contributed by atoms with van der Waals surface area (Å²) in [6, 6.07) is 9.49. The Bertz CT molecular complexity index is 348. The van der Waals surface area contributed by atoms with Crippen LogP contribution in [0, 0.1) is 0 Å². The van der Waals surface area contributed by atoms with Crippen LogP contribution >= 0.6 is 0 Å². The fraction of sp³-hybridized carbons (Fsp3) is 0.182. The van der Waals surface area contributed by atoms with Crippen molar-refractivity contribution in [2.75, 3.05) is 0 Å². The molecule has 0 aliphatic carbocycles. The molecular weight excluding hydrogens is 178 g/mol. The number of hydrogen-bond donors (Lipinski definition) is 1. The van der Waals surface area contributed by atoms with Gasteiger partial charge in [-0.25, -0.2) is 4.79 Å². The van der Waals surface area contributed by atoms with Gasteiger partial charge in [0.2, 0.25) is 0 Å². The molecule has 0 unspecified atom stereocenters. The first-order valence-corrected chi connectivity index (χ1v) is 4.46. The van der Waals surface area contributed by atoms with E-state index in [9.17, 15) is 4.79 Å². The zero-order valence-electron chi connectivity index (χ0n) is 7.64. The van der Waals surface area contributed by atoms with Crippen LogP contribution in [-0.2, 0) is 4.74 Å². The van der Waals surface area contributed by atoms with Crippen molar-refractivity contribution in [1.82, 2.24) is 5.32 Å². The number of hydrogen-bond acceptors (Lipinski definition) is 2. The van der Waals surface area contributed by atoms with Gasteiger partial charge in [-0.1, -0.05) is 36.4 Å². The van der Waals surface area contributed by atoms with Gasteiger partial charge in [-0.05, 0) is 5.56 Å². The topological polar surface area (TPSA) is 38.3 Å². The molecule has 1 fully saturated rings. The number of amides is 1. The summed E-state index contributed by atoms with van der Waals surface area (Å²) >= 11 is 0. The molecule has 1 saturated heterocycles. The van der Waals surface area contributed by atoms with Crippen LogP contribution in [0.15, 0.2) is 43.0 Å². The molecule has 1 aromatic carbocycles. The van der Waals surface area contributed by atoms with Gasteiger partial charge in [0.15, 0.2) is 6.10 Å². The van der Waals surface area contributed by atoms with Gasteiger partial charge in [-0.15, -0.1) is 6.58 Å². The van der Waals surface area contributed by atoms with E-state index in [0.717, 1.165) is 5.56 Å². The summed E-state index contributed by atoms with van der Waals surface area (Å²) in [7, 11) is 0. The summed E-state index contributed by atoms with van der Waals surface area (Å²) in [5.41, 5.74) is 0.982. The molecule has 1 aliphatic rings. The zero-order chi connectivity index (χ0) is 9.97. The van der Waals surface area contributed by atoms with Crippen molar-refractivity contribution in [3.05, 3.63) is 48.6 Å². The summed E-state index contributed by atoms with van der Waals surface area (Å²) in [6.07, 6.45) is 1.05. The molecule has 0 aromatic heterocycles. The number of nitrogens with one attached hydrogen (secondary N) is 1. The van der Waals surface area contributed by atoms with E-state index in [0.29, 0.717) is 0 Å². The van der Waals surface area contributed by atoms with Crippen LogP contribution in [0.3, 0.4) is 0 Å². The second-order valence-corrected chi connectivity index (χ2v) is 3.14. The maximum Gasteiger partial charge on any atom is 0.408 e. The van der Waals surface area contributed by atoms with E-state index in [1.807, 2.05) is 30.3 Å². The van der Waals surface area contributed by atoms with Crippen molar-refractivity contribution >= 4 is 6.09 Å². The second kappa shape index (κ2) is 3.54. The smallest absolute Gasteiger partial charge is 0.408 e. The average Bonchev–Trinajstić information content (AvgIpc) is 2.61. The Balaban J connectivity index is 2.26. The molecular formula is C11H11NO2. The average molecular weight is 189 g/mol. The third kappa shape index (κ3) is 1.48. The number of rotatable bonds is 2. The van der Waals surface area contributed by atoms with Crippen LogP contribution in [0.5, 0.6) is 0 Å². The maximum atomic E-state index is 11.0. The Hall–Kier alpha value is -1.77. The van der Waals surface area contributed by atoms with Crippen LogP contribution in [0.1, 0.15) is 11.7 Å². The number of alkyl carbamates (subject to hydrolysis) is 1. The SMILES string of the molecule is C=C[C@H]1NC(=O)O[C@H]1c1ccccc1. The Morgan fingerprint density at radius 3 is 2.71 bits per heavy atom. The highest BCUT2D eigenvalue weighted by atomic mass is 16.6. The van der Waals surface area contributed by atoms with Crippen molar-refractivity contribution in [3.63, 3.8) is 0 Å². The van der Waals surface area contributed by atoms with Gasteiger partial charge in [-0.2, -0.15) is 0 Å². The third-order valence-corrected chi connectivity index (χ3v) is 2.23. The Kier molecular flexibility index (Phi) is 2.23. The highest BCUT2D eigenvalue weighted by Gasteiger charge is 2.32. The third-order valence-electron chi connectivity index (χ3n) is 2.23. The second-order valence-electron chi connectivity index (χ2n) is 3.14. The van der Waals surface area contributed by atoms with Crippen molar-refractivity contribution < 1.29 is 9.53 Å². The number of carbonyl (C=O) groups is 1. The fourth-order valence-corrected chi connectivity index (χ4v) is 1.54. The molecule has 0 radical (unpaired) electrons. The highest BCUT2D eigenvalue weighted by molar-refractivity contribution is 5.71. The Morgan fingerprint density at radius 1 is 1.36 bits per heavy atom. The molecule has 1 amide bonds. The van der Waals surface area contributed by atoms with Gasteiger partial charge in [0.05, 0.1) is 6.04 Å². The van der Waals surface area contributed by atoms with Gasteiger partial charge in [0.1, 0.15) is 0 Å². The lowest BCUT2D eigenvalue weighted by Gasteiger charge is -2.12. The molecule has 3 heteroatoms. The minimum atomic E-state index is -0.385. The minimum Gasteiger partial charge on any atom is -0.439 e. The van der Waals surface area contributed by atoms with Crippen LogP contribution < -0.4 is 5.32 Å². The van der Waals surface area contributed by atoms with Gasteiger partial charge in [0, 0.05) is 0 Å². The summed E-state index contributed by atoms with van der Waals surface area (Å²) in [5, 5.41) is 2.67. The summed E-state index contributed by atoms with van der Waals surface area (Å²) < 4.78 is 5.13. The standard InChI is InChI=1S/C11H11NO2/c1-2-9-10(14-11(13)12-9)8-6-4-3-5-7-8/h2-7,9-10H,1H2,(H,12,13)/t9-,10+/m1/s1. The number of cyclic esters (lactones) is 1. The first-order chi connectivity index (χ1) is 6.81. The van der Waals surface area contributed by atoms with Gasteiger partial charge in [0.25, 0.3) is 0 Å². The molecule has 0 spiro atoms. The van der Waals surface area contributed by atoms with Crippen molar-refractivity contribution in [2.45, 2.75) is 12.1 Å². The molecule has 1 N–H and O–H groups in total. The molecule has 0 bridgehead atoms. The predicted molar refractivity (Wildman–Crippen MR) is 52.8 cm³/mol. The molecule has 1 aromatic rings. The van der Waals surface area contributed by atoms with Gasteiger partial charge >= 0.3 is 6.09 Å². The maximum absolute atomic E-state index is 11.0. The quantitative estimate of drug-likeness (QED) is 0.723. The largest absolute Gasteiger partial charge is 0.439 e. The first kappa shape index (κ1) is 8.81. The number of benzene rings is 1. The Morgan fingerprint density at radius 2 is 2.07 bits per heavy atom. The molecule has 14 heavy (non-hydrogen) atoms. The molecule has 0 saturated carbocycles. The summed E-state index contributed by atoms with van der Waals surface area (Å²) in [5.74, 6) is 0. The lowest BCUT2D eigenvalue weighted by Crippen LogP contribution is -2.24. The van der Waals surface area contributed by atoms with E-state index in [2.05, 4.69) is 11.9 Å². The van der Waals surface area contributed by atoms with E-state index in [1.165, 1.54) is 0 Å². The van der Waals surface area contributed by atoms with E-state index >= 15 is 0 Å². The van der Waals surface area contributed by atoms with E-state index in [4.69, 9.17) is 4.74 Å². The van der Waals surface area contributed by atoms with Crippen LogP contribution in [0.2, 0.25) is 0 Å². The zero-order valence-corrected chi connectivity index (χ0v) is 7.64. The van der Waals surface area contributed by atoms with Crippen molar-refractivity contribution in [1.29, 1.82) is 0 Å². The highest BCUT2D eigenvalue weighted by Crippen LogP contribution is 2.26. The van der Waals surface area contributed by atoms with Crippen molar-refractivity contribution in [3.8, 4) is 0 Å². The van der Waals surface area contributed by atoms with Crippen LogP contribution in [-0.4, -0.2) is 12.1 Å². The minimum absolute atomic E-state index is 0.134. The lowest BCUT2D eigenvalue weighted by atomic mass is 10.0. The van der Waals surface area contributed by atoms with E-state index < -0.39 is 0 Å². The first-order valence-electron chi connectivity index (χ1n) is 4.46. The van der Waals surface area contributed by atoms with Gasteiger partial charge in [-0.3, -0.25) is 0 Å². The summed E-state index contributed by atoms with van der Waals surface area (Å²) in [4.78, 5) is 11.0. The molecule has 3 nitrogen and oxygen atoms in total. The van der Waals surface area contributed by atoms with Crippen molar-refractivity contribution in [2.24, 2.45) is 0 Å². The monoisotopic (exact) mass is 189 g/mol. The molecule has 2 atom stereocenters. The fourth-order valence-electron chi connectivity index (χ4n) is 1.54. The lowest BCUT2D eigenvalue weighted by molar-refractivity contribution is 0.136. The molecule has 1 heterocycles. The Labute approximate surface area is 82.4 Å². The number of ether oxygens (including phenoxy) is 1. The van der Waals surface area contributed by atoms with E-state index in [1.54, 1.807) is 6.08 Å². The van der Waals surface area contributed by atoms with Gasteiger partial charge < -0.3 is 10.1 Å². The van der Waals surface area contributed by atoms with Crippen LogP contribution in [0.4, 0.5) is 4.79 Å². The van der Waals surface area contributed by atoms with Crippen LogP contribution in [0.25, 0.3) is 0 Å². The summed E-state index contributed by atoms with van der Waals surface area (Å²) in [6.45, 7) is 3.66. The molecule has 72 valence electrons. The van der Waals surface area contributed by atoms with E-state index in [-0.39, 0.29) is 18.2 Å².